The maximum atomic E-state index is 15.1. The van der Waals surface area contributed by atoms with Crippen LogP contribution in [0.4, 0.5) is 23.2 Å². The summed E-state index contributed by atoms with van der Waals surface area (Å²) in [5.41, 5.74) is -0.619. The number of ether oxygens (including phenoxy) is 2. The van der Waals surface area contributed by atoms with E-state index in [1.807, 2.05) is 0 Å². The van der Waals surface area contributed by atoms with Crippen molar-refractivity contribution >= 4 is 17.5 Å². The van der Waals surface area contributed by atoms with Crippen LogP contribution >= 0.6 is 0 Å². The molecule has 1 aliphatic heterocycles. The van der Waals surface area contributed by atoms with Crippen molar-refractivity contribution in [2.24, 2.45) is 0 Å². The predicted molar refractivity (Wildman–Crippen MR) is 138 cm³/mol. The topological polar surface area (TPSA) is 114 Å². The van der Waals surface area contributed by atoms with Gasteiger partial charge in [0.15, 0.2) is 0 Å². The molecule has 1 atom stereocenters. The number of alkyl halides is 2. The van der Waals surface area contributed by atoms with E-state index in [2.05, 4.69) is 10.5 Å². The van der Waals surface area contributed by atoms with Crippen LogP contribution in [0.1, 0.15) is 42.3 Å². The monoisotopic (exact) mass is 579 g/mol. The number of fused-ring (bicyclic) bond motifs is 1. The summed E-state index contributed by atoms with van der Waals surface area (Å²) in [7, 11) is 1.50. The molecular weight excluding hydrogens is 550 g/mol. The molecule has 0 aliphatic carbocycles. The number of hydrogen-bond acceptors (Lipinski definition) is 7. The molecule has 3 aromatic rings. The first-order valence-electron chi connectivity index (χ1n) is 12.7. The second-order valence-electron chi connectivity index (χ2n) is 10.2. The second-order valence-corrected chi connectivity index (χ2v) is 10.2. The minimum atomic E-state index is -2.72. The molecule has 4 rings (SSSR count). The van der Waals surface area contributed by atoms with Crippen molar-refractivity contribution in [3.05, 3.63) is 70.5 Å². The molecule has 0 spiro atoms. The molecule has 41 heavy (non-hydrogen) atoms. The molecular formula is C28H29F4N3O6. The number of methoxy groups -OCH3 is 1. The average Bonchev–Trinajstić information content (AvgIpc) is 3.30. The first-order valence-corrected chi connectivity index (χ1v) is 12.7. The van der Waals surface area contributed by atoms with Gasteiger partial charge in [-0.25, -0.2) is 17.6 Å². The zero-order chi connectivity index (χ0) is 29.9. The number of rotatable bonds is 10. The number of aromatic hydroxyl groups is 1. The van der Waals surface area contributed by atoms with E-state index in [-0.39, 0.29) is 36.6 Å². The molecule has 13 heteroatoms. The van der Waals surface area contributed by atoms with Crippen LogP contribution in [-0.4, -0.2) is 60.3 Å². The maximum Gasteiger partial charge on any atom is 0.261 e. The Bertz CT molecular complexity index is 1400. The van der Waals surface area contributed by atoms with Gasteiger partial charge in [-0.15, -0.1) is 0 Å². The van der Waals surface area contributed by atoms with E-state index in [0.717, 1.165) is 17.7 Å². The third-order valence-corrected chi connectivity index (χ3v) is 6.71. The highest BCUT2D eigenvalue weighted by Gasteiger charge is 2.37. The summed E-state index contributed by atoms with van der Waals surface area (Å²) >= 11 is 0. The van der Waals surface area contributed by atoms with Crippen LogP contribution in [0.25, 0.3) is 0 Å². The molecule has 9 nitrogen and oxygen atoms in total. The Hall–Kier alpha value is -4.13. The summed E-state index contributed by atoms with van der Waals surface area (Å²) < 4.78 is 70.3. The third kappa shape index (κ3) is 6.79. The summed E-state index contributed by atoms with van der Waals surface area (Å²) in [5, 5.41) is 15.3. The van der Waals surface area contributed by atoms with E-state index in [0.29, 0.717) is 17.7 Å². The Morgan fingerprint density at radius 3 is 2.51 bits per heavy atom. The molecule has 2 aromatic carbocycles. The molecule has 0 saturated heterocycles. The third-order valence-electron chi connectivity index (χ3n) is 6.71. The number of carbonyl (C=O) groups excluding carboxylic acids is 2. The Kier molecular flexibility index (Phi) is 8.86. The molecule has 1 aliphatic rings. The van der Waals surface area contributed by atoms with Crippen LogP contribution < -0.4 is 10.1 Å². The van der Waals surface area contributed by atoms with Gasteiger partial charge in [-0.3, -0.25) is 9.59 Å². The molecule has 2 heterocycles. The highest BCUT2D eigenvalue weighted by molar-refractivity contribution is 5.98. The van der Waals surface area contributed by atoms with Crippen LogP contribution in [0, 0.1) is 11.6 Å². The minimum Gasteiger partial charge on any atom is -0.497 e. The highest BCUT2D eigenvalue weighted by Crippen LogP contribution is 2.35. The number of hydrogen-bond donors (Lipinski definition) is 2. The SMILES string of the molecule is COc1ccc2c(c1)CCN(C(=O)Cc1cc(O)no1)[C@H]2C(=O)Nc1cc(F)c(C(C)(C)COCC(F)F)c(F)c1. The Morgan fingerprint density at radius 2 is 1.90 bits per heavy atom. The molecule has 0 fully saturated rings. The van der Waals surface area contributed by atoms with Crippen LogP contribution in [0.15, 0.2) is 40.9 Å². The summed E-state index contributed by atoms with van der Waals surface area (Å²) in [5.74, 6) is -2.98. The Balaban J connectivity index is 1.61. The molecule has 220 valence electrons. The van der Waals surface area contributed by atoms with Gasteiger partial charge in [-0.05, 0) is 47.0 Å². The van der Waals surface area contributed by atoms with Crippen LogP contribution in [0.5, 0.6) is 11.6 Å². The zero-order valence-electron chi connectivity index (χ0n) is 22.5. The van der Waals surface area contributed by atoms with Crippen molar-refractivity contribution in [1.29, 1.82) is 0 Å². The lowest BCUT2D eigenvalue weighted by atomic mass is 9.84. The molecule has 2 amide bonds. The summed E-state index contributed by atoms with van der Waals surface area (Å²) in [6, 6.07) is 6.89. The quantitative estimate of drug-likeness (QED) is 0.339. The largest absolute Gasteiger partial charge is 0.497 e. The van der Waals surface area contributed by atoms with Gasteiger partial charge in [0, 0.05) is 29.3 Å². The van der Waals surface area contributed by atoms with Gasteiger partial charge in [0.25, 0.3) is 18.2 Å². The Labute approximate surface area is 233 Å². The highest BCUT2D eigenvalue weighted by atomic mass is 19.3. The fourth-order valence-electron chi connectivity index (χ4n) is 4.90. The van der Waals surface area contributed by atoms with E-state index >= 15 is 8.78 Å². The van der Waals surface area contributed by atoms with Gasteiger partial charge in [-0.2, -0.15) is 0 Å². The number of amides is 2. The van der Waals surface area contributed by atoms with Crippen molar-refractivity contribution in [3.63, 3.8) is 0 Å². The lowest BCUT2D eigenvalue weighted by molar-refractivity contribution is -0.139. The number of anilines is 1. The number of aromatic nitrogens is 1. The van der Waals surface area contributed by atoms with E-state index < -0.39 is 53.8 Å². The number of nitrogens with zero attached hydrogens (tertiary/aromatic N) is 2. The predicted octanol–water partition coefficient (Wildman–Crippen LogP) is 4.53. The van der Waals surface area contributed by atoms with Crippen molar-refractivity contribution in [1.82, 2.24) is 10.1 Å². The van der Waals surface area contributed by atoms with Crippen molar-refractivity contribution in [2.75, 3.05) is 32.2 Å². The average molecular weight is 580 g/mol. The van der Waals surface area contributed by atoms with Crippen molar-refractivity contribution in [3.8, 4) is 11.6 Å². The maximum absolute atomic E-state index is 15.1. The molecule has 0 unspecified atom stereocenters. The van der Waals surface area contributed by atoms with Crippen molar-refractivity contribution < 1.29 is 46.3 Å². The minimum absolute atomic E-state index is 0.0899. The molecule has 2 N–H and O–H groups in total. The number of nitrogens with one attached hydrogen (secondary N) is 1. The smallest absolute Gasteiger partial charge is 0.261 e. The molecule has 1 aromatic heterocycles. The lowest BCUT2D eigenvalue weighted by Crippen LogP contribution is -2.46. The van der Waals surface area contributed by atoms with Gasteiger partial charge in [0.1, 0.15) is 35.8 Å². The first kappa shape index (κ1) is 29.8. The second kappa shape index (κ2) is 12.2. The van der Waals surface area contributed by atoms with E-state index in [1.54, 1.807) is 18.2 Å². The molecule has 0 bridgehead atoms. The van der Waals surface area contributed by atoms with E-state index in [4.69, 9.17) is 14.0 Å². The first-order chi connectivity index (χ1) is 19.4. The van der Waals surface area contributed by atoms with Crippen LogP contribution in [-0.2, 0) is 32.6 Å². The number of halogens is 4. The molecule has 0 saturated carbocycles. The Morgan fingerprint density at radius 1 is 1.20 bits per heavy atom. The van der Waals surface area contributed by atoms with Crippen LogP contribution in [0.2, 0.25) is 0 Å². The van der Waals surface area contributed by atoms with Gasteiger partial charge < -0.3 is 29.3 Å². The fraction of sp³-hybridized carbons (Fsp3) is 0.393. The summed E-state index contributed by atoms with van der Waals surface area (Å²) in [6.07, 6.45) is -2.60. The van der Waals surface area contributed by atoms with Gasteiger partial charge >= 0.3 is 0 Å². The van der Waals surface area contributed by atoms with Crippen molar-refractivity contribution in [2.45, 2.75) is 44.6 Å². The lowest BCUT2D eigenvalue weighted by Gasteiger charge is -2.36. The number of benzene rings is 2. The number of carbonyl (C=O) groups is 2. The van der Waals surface area contributed by atoms with E-state index in [1.165, 1.54) is 31.9 Å². The fourth-order valence-corrected chi connectivity index (χ4v) is 4.90. The summed E-state index contributed by atoms with van der Waals surface area (Å²) in [4.78, 5) is 28.2. The van der Waals surface area contributed by atoms with Gasteiger partial charge in [0.2, 0.25) is 5.91 Å². The van der Waals surface area contributed by atoms with Gasteiger partial charge in [-0.1, -0.05) is 19.9 Å². The van der Waals surface area contributed by atoms with E-state index in [9.17, 15) is 23.5 Å². The summed E-state index contributed by atoms with van der Waals surface area (Å²) in [6.45, 7) is 1.81. The normalized spacial score (nSPS) is 15.1. The van der Waals surface area contributed by atoms with Gasteiger partial charge in [0.05, 0.1) is 20.1 Å². The van der Waals surface area contributed by atoms with Crippen LogP contribution in [0.3, 0.4) is 0 Å². The molecule has 0 radical (unpaired) electrons. The standard InChI is InChI=1S/C28H29F4N3O6/c1-28(2,14-40-13-22(31)32)25-20(29)9-16(10-21(25)30)33-27(38)26-19-5-4-17(39-3)8-15(19)6-7-35(26)24(37)12-18-11-23(36)34-41-18/h4-5,8-11,22,26H,6-7,12-14H2,1-3H3,(H,33,38)(H,34,36)/t26-/m1/s1. The zero-order valence-corrected chi connectivity index (χ0v) is 22.5.